The Balaban J connectivity index is 1.47. The Hall–Kier alpha value is -3.65. The molecule has 0 aromatic heterocycles. The number of rotatable bonds is 7. The predicted octanol–water partition coefficient (Wildman–Crippen LogP) is 4.77. The molecule has 0 aliphatic carbocycles. The quantitative estimate of drug-likeness (QED) is 0.465. The maximum atomic E-state index is 13.0. The van der Waals surface area contributed by atoms with E-state index < -0.39 is 5.82 Å². The Kier molecular flexibility index (Phi) is 7.40. The summed E-state index contributed by atoms with van der Waals surface area (Å²) in [6.07, 6.45) is 0. The number of hydrogen-bond donors (Lipinski definition) is 3. The van der Waals surface area contributed by atoms with E-state index in [0.717, 1.165) is 4.90 Å². The molecule has 0 unspecified atom stereocenters. The Labute approximate surface area is 183 Å². The highest BCUT2D eigenvalue weighted by molar-refractivity contribution is 8.00. The summed E-state index contributed by atoms with van der Waals surface area (Å²) in [5.41, 5.74) is 2.26. The fourth-order valence-electron chi connectivity index (χ4n) is 2.63. The zero-order chi connectivity index (χ0) is 22.2. The second-order valence-electron chi connectivity index (χ2n) is 6.58. The van der Waals surface area contributed by atoms with Gasteiger partial charge in [-0.25, -0.2) is 4.39 Å². The molecular formula is C23H20FN3O3S. The molecule has 3 aromatic rings. The smallest absolute Gasteiger partial charge is 0.255 e. The molecule has 3 N–H and O–H groups in total. The molecular weight excluding hydrogens is 417 g/mol. The van der Waals surface area contributed by atoms with Crippen molar-refractivity contribution in [2.24, 2.45) is 0 Å². The summed E-state index contributed by atoms with van der Waals surface area (Å²) < 4.78 is 13.0. The van der Waals surface area contributed by atoms with E-state index in [1.807, 2.05) is 0 Å². The van der Waals surface area contributed by atoms with Crippen molar-refractivity contribution >= 4 is 46.5 Å². The van der Waals surface area contributed by atoms with Gasteiger partial charge in [0.15, 0.2) is 0 Å². The number of carbonyl (C=O) groups excluding carboxylic acids is 3. The number of amides is 3. The monoisotopic (exact) mass is 437 g/mol. The van der Waals surface area contributed by atoms with Gasteiger partial charge in [-0.3, -0.25) is 14.4 Å². The van der Waals surface area contributed by atoms with Gasteiger partial charge in [-0.2, -0.15) is 0 Å². The van der Waals surface area contributed by atoms with Gasteiger partial charge in [0.1, 0.15) is 5.82 Å². The van der Waals surface area contributed by atoms with Crippen LogP contribution in [0.3, 0.4) is 0 Å². The van der Waals surface area contributed by atoms with Crippen molar-refractivity contribution < 1.29 is 18.8 Å². The molecule has 3 amide bonds. The Morgan fingerprint density at radius 2 is 1.26 bits per heavy atom. The van der Waals surface area contributed by atoms with Crippen LogP contribution in [0.15, 0.2) is 77.7 Å². The lowest BCUT2D eigenvalue weighted by Gasteiger charge is -2.08. The van der Waals surface area contributed by atoms with E-state index in [9.17, 15) is 18.8 Å². The maximum Gasteiger partial charge on any atom is 0.255 e. The van der Waals surface area contributed by atoms with Gasteiger partial charge in [0.25, 0.3) is 5.91 Å². The van der Waals surface area contributed by atoms with E-state index in [2.05, 4.69) is 16.0 Å². The van der Waals surface area contributed by atoms with Crippen LogP contribution in [-0.4, -0.2) is 23.5 Å². The van der Waals surface area contributed by atoms with Crippen LogP contribution in [0.5, 0.6) is 0 Å². The second kappa shape index (κ2) is 10.4. The van der Waals surface area contributed by atoms with Gasteiger partial charge >= 0.3 is 0 Å². The molecule has 31 heavy (non-hydrogen) atoms. The molecule has 0 spiro atoms. The van der Waals surface area contributed by atoms with Crippen LogP contribution in [0.4, 0.5) is 21.5 Å². The predicted molar refractivity (Wildman–Crippen MR) is 121 cm³/mol. The molecule has 8 heteroatoms. The lowest BCUT2D eigenvalue weighted by atomic mass is 10.2. The van der Waals surface area contributed by atoms with Crippen LogP contribution < -0.4 is 16.0 Å². The van der Waals surface area contributed by atoms with E-state index in [0.29, 0.717) is 22.6 Å². The normalized spacial score (nSPS) is 10.3. The topological polar surface area (TPSA) is 87.3 Å². The molecule has 0 saturated carbocycles. The summed E-state index contributed by atoms with van der Waals surface area (Å²) in [5.74, 6) is -0.831. The van der Waals surface area contributed by atoms with Crippen molar-refractivity contribution in [3.63, 3.8) is 0 Å². The molecule has 0 aliphatic rings. The molecule has 158 valence electrons. The number of anilines is 3. The number of halogens is 1. The maximum absolute atomic E-state index is 13.0. The first-order valence-electron chi connectivity index (χ1n) is 9.36. The van der Waals surface area contributed by atoms with E-state index in [-0.39, 0.29) is 23.5 Å². The molecule has 6 nitrogen and oxygen atoms in total. The van der Waals surface area contributed by atoms with Crippen molar-refractivity contribution in [3.8, 4) is 0 Å². The highest BCUT2D eigenvalue weighted by atomic mass is 32.2. The third-order valence-electron chi connectivity index (χ3n) is 4.08. The summed E-state index contributed by atoms with van der Waals surface area (Å²) in [6.45, 7) is 1.43. The minimum atomic E-state index is -0.399. The van der Waals surface area contributed by atoms with Crippen LogP contribution in [-0.2, 0) is 9.59 Å². The van der Waals surface area contributed by atoms with Crippen molar-refractivity contribution in [1.82, 2.24) is 0 Å². The lowest BCUT2D eigenvalue weighted by Crippen LogP contribution is -2.14. The third kappa shape index (κ3) is 6.97. The molecule has 0 bridgehead atoms. The van der Waals surface area contributed by atoms with Crippen LogP contribution in [0.1, 0.15) is 17.3 Å². The molecule has 0 fully saturated rings. The second-order valence-corrected chi connectivity index (χ2v) is 7.63. The fraction of sp³-hybridized carbons (Fsp3) is 0.0870. The van der Waals surface area contributed by atoms with Crippen molar-refractivity contribution in [3.05, 3.63) is 84.2 Å². The molecule has 0 aliphatic heterocycles. The van der Waals surface area contributed by atoms with Gasteiger partial charge in [0, 0.05) is 34.4 Å². The standard InChI is InChI=1S/C23H20FN3O3S/c1-15(28)25-18-6-8-19(9-7-18)26-22(29)14-31-21-12-10-20(11-13-21)27-23(30)16-2-4-17(24)5-3-16/h2-13H,14H2,1H3,(H,25,28)(H,26,29)(H,27,30). The molecule has 3 rings (SSSR count). The highest BCUT2D eigenvalue weighted by Crippen LogP contribution is 2.21. The lowest BCUT2D eigenvalue weighted by molar-refractivity contribution is -0.114. The van der Waals surface area contributed by atoms with Crippen molar-refractivity contribution in [1.29, 1.82) is 0 Å². The minimum Gasteiger partial charge on any atom is -0.326 e. The van der Waals surface area contributed by atoms with Crippen LogP contribution in [0, 0.1) is 5.82 Å². The SMILES string of the molecule is CC(=O)Nc1ccc(NC(=O)CSc2ccc(NC(=O)c3ccc(F)cc3)cc2)cc1. The van der Waals surface area contributed by atoms with Crippen molar-refractivity contribution in [2.75, 3.05) is 21.7 Å². The minimum absolute atomic E-state index is 0.158. The average molecular weight is 437 g/mol. The average Bonchev–Trinajstić information content (AvgIpc) is 2.75. The number of carbonyl (C=O) groups is 3. The molecule has 0 heterocycles. The summed E-state index contributed by atoms with van der Waals surface area (Å²) in [5, 5.41) is 8.20. The summed E-state index contributed by atoms with van der Waals surface area (Å²) in [6, 6.07) is 19.2. The highest BCUT2D eigenvalue weighted by Gasteiger charge is 2.08. The van der Waals surface area contributed by atoms with Crippen molar-refractivity contribution in [2.45, 2.75) is 11.8 Å². The van der Waals surface area contributed by atoms with Gasteiger partial charge in [-0.15, -0.1) is 11.8 Å². The van der Waals surface area contributed by atoms with Gasteiger partial charge in [0.05, 0.1) is 5.75 Å². The number of thioether (sulfide) groups is 1. The first-order valence-corrected chi connectivity index (χ1v) is 10.3. The number of nitrogens with one attached hydrogen (secondary N) is 3. The van der Waals surface area contributed by atoms with Gasteiger partial charge in [-0.05, 0) is 72.8 Å². The largest absolute Gasteiger partial charge is 0.326 e. The number of hydrogen-bond acceptors (Lipinski definition) is 4. The van der Waals surface area contributed by atoms with Gasteiger partial charge in [0.2, 0.25) is 11.8 Å². The first kappa shape index (κ1) is 22.0. The Bertz CT molecular complexity index is 1070. The Morgan fingerprint density at radius 3 is 1.84 bits per heavy atom. The van der Waals surface area contributed by atoms with Crippen LogP contribution >= 0.6 is 11.8 Å². The molecule has 0 radical (unpaired) electrons. The zero-order valence-corrected chi connectivity index (χ0v) is 17.5. The van der Waals surface area contributed by atoms with Gasteiger partial charge in [-0.1, -0.05) is 0 Å². The summed E-state index contributed by atoms with van der Waals surface area (Å²) in [4.78, 5) is 36.2. The fourth-order valence-corrected chi connectivity index (χ4v) is 3.32. The van der Waals surface area contributed by atoms with Crippen LogP contribution in [0.25, 0.3) is 0 Å². The summed E-state index contributed by atoms with van der Waals surface area (Å²) >= 11 is 1.36. The molecule has 3 aromatic carbocycles. The summed E-state index contributed by atoms with van der Waals surface area (Å²) in [7, 11) is 0. The van der Waals surface area contributed by atoms with E-state index in [1.165, 1.54) is 43.0 Å². The van der Waals surface area contributed by atoms with Crippen LogP contribution in [0.2, 0.25) is 0 Å². The first-order chi connectivity index (χ1) is 14.9. The molecule has 0 saturated heterocycles. The molecule has 0 atom stereocenters. The van der Waals surface area contributed by atoms with Gasteiger partial charge < -0.3 is 16.0 Å². The number of benzene rings is 3. The van der Waals surface area contributed by atoms with E-state index in [4.69, 9.17) is 0 Å². The van der Waals surface area contributed by atoms with E-state index in [1.54, 1.807) is 48.5 Å². The third-order valence-corrected chi connectivity index (χ3v) is 5.09. The zero-order valence-electron chi connectivity index (χ0n) is 16.6. The van der Waals surface area contributed by atoms with E-state index >= 15 is 0 Å². The Morgan fingerprint density at radius 1 is 0.742 bits per heavy atom.